The molecule has 0 N–H and O–H groups in total. The van der Waals surface area contributed by atoms with Crippen LogP contribution in [0, 0.1) is 10.1 Å². The minimum Gasteiger partial charge on any atom is -0.300 e. The van der Waals surface area contributed by atoms with E-state index < -0.39 is 4.92 Å². The van der Waals surface area contributed by atoms with E-state index >= 15 is 0 Å². The van der Waals surface area contributed by atoms with E-state index in [0.29, 0.717) is 11.3 Å². The Labute approximate surface area is 125 Å². The fourth-order valence-corrected chi connectivity index (χ4v) is 2.17. The zero-order chi connectivity index (χ0) is 15.5. The first-order valence-corrected chi connectivity index (χ1v) is 6.54. The lowest BCUT2D eigenvalue weighted by atomic mass is 10.1. The van der Waals surface area contributed by atoms with Gasteiger partial charge in [-0.05, 0) is 29.8 Å². The highest BCUT2D eigenvalue weighted by Gasteiger charge is 2.09. The molecule has 0 saturated carbocycles. The standard InChI is InChI=1S/C16H11N3O3/c20-16-10-15(12-6-8-14(9-7-12)19(21)22)18(11-17-16)13-4-2-1-3-5-13/h1-11H. The fraction of sp³-hybridized carbons (Fsp3) is 0. The fourth-order valence-electron chi connectivity index (χ4n) is 2.17. The van der Waals surface area contributed by atoms with E-state index in [-0.39, 0.29) is 11.2 Å². The first kappa shape index (κ1) is 13.7. The Morgan fingerprint density at radius 3 is 2.32 bits per heavy atom. The molecule has 3 aromatic rings. The minimum absolute atomic E-state index is 0.00594. The molecule has 0 fully saturated rings. The molecule has 0 bridgehead atoms. The molecule has 1 aromatic heterocycles. The zero-order valence-electron chi connectivity index (χ0n) is 11.4. The van der Waals surface area contributed by atoms with Crippen LogP contribution in [0.15, 0.2) is 71.8 Å². The van der Waals surface area contributed by atoms with Gasteiger partial charge in [-0.25, -0.2) is 0 Å². The van der Waals surface area contributed by atoms with Gasteiger partial charge in [0.1, 0.15) is 6.33 Å². The average molecular weight is 293 g/mol. The summed E-state index contributed by atoms with van der Waals surface area (Å²) in [6.45, 7) is 0. The number of hydrogen-bond acceptors (Lipinski definition) is 4. The number of aromatic nitrogens is 2. The molecule has 0 aliphatic rings. The number of benzene rings is 2. The van der Waals surface area contributed by atoms with Crippen LogP contribution < -0.4 is 5.56 Å². The SMILES string of the molecule is O=c1cc(-c2ccc([N+](=O)[O-])cc2)n(-c2ccccc2)cn1. The molecule has 0 saturated heterocycles. The van der Waals surface area contributed by atoms with Gasteiger partial charge in [0.2, 0.25) is 0 Å². The summed E-state index contributed by atoms with van der Waals surface area (Å²) in [6, 6.07) is 16.9. The molecular weight excluding hydrogens is 282 g/mol. The molecule has 1 heterocycles. The monoisotopic (exact) mass is 293 g/mol. The molecule has 0 aliphatic carbocycles. The van der Waals surface area contributed by atoms with Gasteiger partial charge in [0, 0.05) is 23.9 Å². The van der Waals surface area contributed by atoms with E-state index in [9.17, 15) is 14.9 Å². The number of nitro groups is 1. The van der Waals surface area contributed by atoms with Gasteiger partial charge in [0.15, 0.2) is 0 Å². The Bertz CT molecular complexity index is 871. The lowest BCUT2D eigenvalue weighted by Crippen LogP contribution is -2.11. The third kappa shape index (κ3) is 2.62. The van der Waals surface area contributed by atoms with Crippen LogP contribution in [0.4, 0.5) is 5.69 Å². The molecule has 108 valence electrons. The predicted molar refractivity (Wildman–Crippen MR) is 81.9 cm³/mol. The van der Waals surface area contributed by atoms with E-state index in [1.54, 1.807) is 16.7 Å². The number of hydrogen-bond donors (Lipinski definition) is 0. The Balaban J connectivity index is 2.15. The van der Waals surface area contributed by atoms with Crippen LogP contribution in [-0.4, -0.2) is 14.5 Å². The van der Waals surface area contributed by atoms with Crippen molar-refractivity contribution < 1.29 is 4.92 Å². The van der Waals surface area contributed by atoms with Crippen molar-refractivity contribution in [2.75, 3.05) is 0 Å². The second-order valence-corrected chi connectivity index (χ2v) is 4.62. The number of nitro benzene ring substituents is 1. The second-order valence-electron chi connectivity index (χ2n) is 4.62. The van der Waals surface area contributed by atoms with Gasteiger partial charge in [-0.15, -0.1) is 0 Å². The summed E-state index contributed by atoms with van der Waals surface area (Å²) in [7, 11) is 0. The largest absolute Gasteiger partial charge is 0.300 e. The van der Waals surface area contributed by atoms with Crippen LogP contribution in [-0.2, 0) is 0 Å². The normalized spacial score (nSPS) is 10.4. The van der Waals surface area contributed by atoms with Gasteiger partial charge in [0.25, 0.3) is 11.2 Å². The molecule has 2 aromatic carbocycles. The van der Waals surface area contributed by atoms with Crippen LogP contribution >= 0.6 is 0 Å². The van der Waals surface area contributed by atoms with Crippen molar-refractivity contribution in [1.82, 2.24) is 9.55 Å². The van der Waals surface area contributed by atoms with E-state index in [0.717, 1.165) is 5.69 Å². The van der Waals surface area contributed by atoms with Crippen molar-refractivity contribution in [3.63, 3.8) is 0 Å². The lowest BCUT2D eigenvalue weighted by molar-refractivity contribution is -0.384. The molecule has 0 unspecified atom stereocenters. The van der Waals surface area contributed by atoms with Gasteiger partial charge < -0.3 is 4.57 Å². The second kappa shape index (κ2) is 5.61. The molecule has 0 amide bonds. The van der Waals surface area contributed by atoms with Gasteiger partial charge in [-0.2, -0.15) is 4.98 Å². The van der Waals surface area contributed by atoms with Crippen LogP contribution in [0.3, 0.4) is 0 Å². The molecule has 0 radical (unpaired) electrons. The number of non-ortho nitro benzene ring substituents is 1. The Morgan fingerprint density at radius 1 is 1.00 bits per heavy atom. The van der Waals surface area contributed by atoms with Crippen LogP contribution in [0.25, 0.3) is 16.9 Å². The smallest absolute Gasteiger partial charge is 0.273 e. The first-order valence-electron chi connectivity index (χ1n) is 6.54. The number of rotatable bonds is 3. The van der Waals surface area contributed by atoms with Crippen molar-refractivity contribution in [3.8, 4) is 16.9 Å². The Kier molecular flexibility index (Phi) is 3.49. The molecule has 0 aliphatic heterocycles. The lowest BCUT2D eigenvalue weighted by Gasteiger charge is -2.12. The van der Waals surface area contributed by atoms with Crippen LogP contribution in [0.1, 0.15) is 0 Å². The summed E-state index contributed by atoms with van der Waals surface area (Å²) in [6.07, 6.45) is 1.45. The topological polar surface area (TPSA) is 78.0 Å². The summed E-state index contributed by atoms with van der Waals surface area (Å²) < 4.78 is 1.77. The van der Waals surface area contributed by atoms with Crippen molar-refractivity contribution in [2.24, 2.45) is 0 Å². The van der Waals surface area contributed by atoms with Crippen molar-refractivity contribution in [2.45, 2.75) is 0 Å². The molecule has 0 atom stereocenters. The molecule has 6 heteroatoms. The van der Waals surface area contributed by atoms with Crippen LogP contribution in [0.5, 0.6) is 0 Å². The van der Waals surface area contributed by atoms with Gasteiger partial charge in [-0.1, -0.05) is 18.2 Å². The number of nitrogens with zero attached hydrogens (tertiary/aromatic N) is 3. The molecule has 6 nitrogen and oxygen atoms in total. The maximum Gasteiger partial charge on any atom is 0.273 e. The first-order chi connectivity index (χ1) is 10.6. The summed E-state index contributed by atoms with van der Waals surface area (Å²) in [5, 5.41) is 10.7. The van der Waals surface area contributed by atoms with Gasteiger partial charge in [-0.3, -0.25) is 14.9 Å². The summed E-state index contributed by atoms with van der Waals surface area (Å²) in [5.74, 6) is 0. The quantitative estimate of drug-likeness (QED) is 0.549. The maximum atomic E-state index is 11.6. The van der Waals surface area contributed by atoms with Gasteiger partial charge >= 0.3 is 0 Å². The number of para-hydroxylation sites is 1. The Hall–Kier alpha value is -3.28. The van der Waals surface area contributed by atoms with Gasteiger partial charge in [0.05, 0.1) is 10.6 Å². The third-order valence-corrected chi connectivity index (χ3v) is 3.23. The van der Waals surface area contributed by atoms with Crippen LogP contribution in [0.2, 0.25) is 0 Å². The maximum absolute atomic E-state index is 11.6. The predicted octanol–water partition coefficient (Wildman–Crippen LogP) is 2.81. The van der Waals surface area contributed by atoms with E-state index in [4.69, 9.17) is 0 Å². The summed E-state index contributed by atoms with van der Waals surface area (Å²) >= 11 is 0. The van der Waals surface area contributed by atoms with Crippen molar-refractivity contribution in [3.05, 3.63) is 87.5 Å². The molecule has 3 rings (SSSR count). The summed E-state index contributed by atoms with van der Waals surface area (Å²) in [4.78, 5) is 25.7. The minimum atomic E-state index is -0.458. The highest BCUT2D eigenvalue weighted by Crippen LogP contribution is 2.23. The van der Waals surface area contributed by atoms with E-state index in [1.807, 2.05) is 30.3 Å². The zero-order valence-corrected chi connectivity index (χ0v) is 11.4. The summed E-state index contributed by atoms with van der Waals surface area (Å²) in [5.41, 5.74) is 1.82. The molecule has 0 spiro atoms. The average Bonchev–Trinajstić information content (AvgIpc) is 2.55. The van der Waals surface area contributed by atoms with E-state index in [2.05, 4.69) is 4.98 Å². The van der Waals surface area contributed by atoms with Crippen molar-refractivity contribution >= 4 is 5.69 Å². The van der Waals surface area contributed by atoms with E-state index in [1.165, 1.54) is 24.5 Å². The highest BCUT2D eigenvalue weighted by molar-refractivity contribution is 5.63. The molecular formula is C16H11N3O3. The van der Waals surface area contributed by atoms with Crippen molar-refractivity contribution in [1.29, 1.82) is 0 Å². The third-order valence-electron chi connectivity index (χ3n) is 3.23. The molecule has 22 heavy (non-hydrogen) atoms. The Morgan fingerprint density at radius 2 is 1.68 bits per heavy atom. The highest BCUT2D eigenvalue weighted by atomic mass is 16.6.